The maximum Gasteiger partial charge on any atom is 0.254 e. The van der Waals surface area contributed by atoms with Crippen molar-refractivity contribution in [1.82, 2.24) is 20.4 Å². The molecule has 0 bridgehead atoms. The Morgan fingerprint density at radius 3 is 2.71 bits per heavy atom. The van der Waals surface area contributed by atoms with Crippen LogP contribution in [0.15, 0.2) is 6.20 Å². The molecule has 2 fully saturated rings. The van der Waals surface area contributed by atoms with Gasteiger partial charge in [0, 0.05) is 44.7 Å². The summed E-state index contributed by atoms with van der Waals surface area (Å²) in [5.41, 5.74) is 1.79. The second kappa shape index (κ2) is 7.27. The Morgan fingerprint density at radius 2 is 2.10 bits per heavy atom. The average molecular weight is 313 g/mol. The molecule has 0 spiro atoms. The lowest BCUT2D eigenvalue weighted by Gasteiger charge is -2.27. The molecule has 1 aliphatic carbocycles. The highest BCUT2D eigenvalue weighted by molar-refractivity contribution is 5.95. The number of halogens is 1. The zero-order valence-corrected chi connectivity index (χ0v) is 13.4. The van der Waals surface area contributed by atoms with Gasteiger partial charge in [0.1, 0.15) is 0 Å². The van der Waals surface area contributed by atoms with E-state index in [9.17, 15) is 4.79 Å². The van der Waals surface area contributed by atoms with Crippen molar-refractivity contribution in [2.24, 2.45) is 13.0 Å². The fourth-order valence-corrected chi connectivity index (χ4v) is 3.18. The quantitative estimate of drug-likeness (QED) is 0.892. The number of aromatic nitrogens is 2. The molecule has 0 unspecified atom stereocenters. The number of hydrogen-bond acceptors (Lipinski definition) is 3. The lowest BCUT2D eigenvalue weighted by molar-refractivity contribution is 0.0940. The second-order valence-electron chi connectivity index (χ2n) is 6.17. The van der Waals surface area contributed by atoms with E-state index in [1.807, 2.05) is 13.2 Å². The maximum atomic E-state index is 12.4. The van der Waals surface area contributed by atoms with Crippen LogP contribution in [0.25, 0.3) is 0 Å². The van der Waals surface area contributed by atoms with Gasteiger partial charge in [-0.15, -0.1) is 12.4 Å². The Morgan fingerprint density at radius 1 is 1.38 bits per heavy atom. The molecule has 2 aliphatic rings. The SMILES string of the molecule is Cl.Cn1cc(C(=O)NCC2CNC2)c(C2CCCCC2)n1. The zero-order valence-electron chi connectivity index (χ0n) is 12.6. The van der Waals surface area contributed by atoms with Gasteiger partial charge in [-0.25, -0.2) is 0 Å². The van der Waals surface area contributed by atoms with Crippen molar-refractivity contribution in [2.75, 3.05) is 19.6 Å². The minimum atomic E-state index is 0. The molecule has 1 aliphatic heterocycles. The van der Waals surface area contributed by atoms with Crippen molar-refractivity contribution < 1.29 is 4.79 Å². The summed E-state index contributed by atoms with van der Waals surface area (Å²) in [6.45, 7) is 2.80. The molecule has 1 saturated carbocycles. The van der Waals surface area contributed by atoms with Crippen molar-refractivity contribution in [2.45, 2.75) is 38.0 Å². The number of nitrogens with zero attached hydrogens (tertiary/aromatic N) is 2. The van der Waals surface area contributed by atoms with Gasteiger partial charge in [-0.2, -0.15) is 5.10 Å². The minimum absolute atomic E-state index is 0. The molecule has 1 aromatic heterocycles. The number of carbonyl (C=O) groups is 1. The first kappa shape index (κ1) is 16.3. The minimum Gasteiger partial charge on any atom is -0.352 e. The molecule has 0 radical (unpaired) electrons. The molecular weight excluding hydrogens is 288 g/mol. The Labute approximate surface area is 132 Å². The topological polar surface area (TPSA) is 59.0 Å². The molecule has 118 valence electrons. The predicted molar refractivity (Wildman–Crippen MR) is 85.0 cm³/mol. The van der Waals surface area contributed by atoms with E-state index in [-0.39, 0.29) is 18.3 Å². The smallest absolute Gasteiger partial charge is 0.254 e. The third kappa shape index (κ3) is 3.77. The first-order valence-corrected chi connectivity index (χ1v) is 7.76. The third-order valence-corrected chi connectivity index (χ3v) is 4.51. The van der Waals surface area contributed by atoms with Crippen LogP contribution >= 0.6 is 12.4 Å². The van der Waals surface area contributed by atoms with Gasteiger partial charge in [0.25, 0.3) is 5.91 Å². The molecule has 2 N–H and O–H groups in total. The molecular formula is C15H25ClN4O. The fraction of sp³-hybridized carbons (Fsp3) is 0.733. The molecule has 5 nitrogen and oxygen atoms in total. The largest absolute Gasteiger partial charge is 0.352 e. The summed E-state index contributed by atoms with van der Waals surface area (Å²) in [4.78, 5) is 12.4. The summed E-state index contributed by atoms with van der Waals surface area (Å²) in [5.74, 6) is 1.11. The second-order valence-corrected chi connectivity index (χ2v) is 6.17. The van der Waals surface area contributed by atoms with Crippen LogP contribution in [0.1, 0.15) is 54.1 Å². The van der Waals surface area contributed by atoms with E-state index in [0.717, 1.165) is 30.9 Å². The van der Waals surface area contributed by atoms with Gasteiger partial charge in [0.15, 0.2) is 0 Å². The van der Waals surface area contributed by atoms with E-state index in [4.69, 9.17) is 0 Å². The molecule has 6 heteroatoms. The van der Waals surface area contributed by atoms with E-state index in [1.165, 1.54) is 32.1 Å². The van der Waals surface area contributed by atoms with E-state index in [2.05, 4.69) is 15.7 Å². The van der Waals surface area contributed by atoms with Crippen molar-refractivity contribution >= 4 is 18.3 Å². The van der Waals surface area contributed by atoms with Crippen LogP contribution in [-0.4, -0.2) is 35.3 Å². The highest BCUT2D eigenvalue weighted by Crippen LogP contribution is 2.33. The Kier molecular flexibility index (Phi) is 5.65. The molecule has 21 heavy (non-hydrogen) atoms. The number of amides is 1. The Balaban J connectivity index is 0.00000161. The highest BCUT2D eigenvalue weighted by Gasteiger charge is 2.25. The highest BCUT2D eigenvalue weighted by atomic mass is 35.5. The molecule has 1 aromatic rings. The molecule has 3 rings (SSSR count). The van der Waals surface area contributed by atoms with Crippen molar-refractivity contribution in [3.05, 3.63) is 17.5 Å². The van der Waals surface area contributed by atoms with Gasteiger partial charge in [-0.1, -0.05) is 19.3 Å². The lowest BCUT2D eigenvalue weighted by atomic mass is 9.85. The molecule has 2 heterocycles. The van der Waals surface area contributed by atoms with E-state index >= 15 is 0 Å². The Bertz CT molecular complexity index is 478. The summed E-state index contributed by atoms with van der Waals surface area (Å²) in [5, 5.41) is 10.8. The number of rotatable bonds is 4. The summed E-state index contributed by atoms with van der Waals surface area (Å²) in [7, 11) is 1.90. The summed E-state index contributed by atoms with van der Waals surface area (Å²) < 4.78 is 1.78. The van der Waals surface area contributed by atoms with Crippen molar-refractivity contribution in [1.29, 1.82) is 0 Å². The van der Waals surface area contributed by atoms with E-state index in [1.54, 1.807) is 4.68 Å². The van der Waals surface area contributed by atoms with Crippen LogP contribution in [-0.2, 0) is 7.05 Å². The molecule has 1 saturated heterocycles. The van der Waals surface area contributed by atoms with Gasteiger partial charge < -0.3 is 10.6 Å². The van der Waals surface area contributed by atoms with Crippen LogP contribution in [0.2, 0.25) is 0 Å². The predicted octanol–water partition coefficient (Wildman–Crippen LogP) is 1.84. The third-order valence-electron chi connectivity index (χ3n) is 4.51. The first-order valence-electron chi connectivity index (χ1n) is 7.76. The number of aryl methyl sites for hydroxylation is 1. The van der Waals surface area contributed by atoms with Gasteiger partial charge in [-0.05, 0) is 12.8 Å². The van der Waals surface area contributed by atoms with E-state index < -0.39 is 0 Å². The summed E-state index contributed by atoms with van der Waals surface area (Å²) in [6, 6.07) is 0. The van der Waals surface area contributed by atoms with Crippen molar-refractivity contribution in [3.8, 4) is 0 Å². The summed E-state index contributed by atoms with van der Waals surface area (Å²) >= 11 is 0. The van der Waals surface area contributed by atoms with Gasteiger partial charge in [0.05, 0.1) is 11.3 Å². The van der Waals surface area contributed by atoms with E-state index in [0.29, 0.717) is 11.8 Å². The normalized spacial score (nSPS) is 19.7. The maximum absolute atomic E-state index is 12.4. The van der Waals surface area contributed by atoms with Gasteiger partial charge in [-0.3, -0.25) is 9.48 Å². The number of carbonyl (C=O) groups excluding carboxylic acids is 1. The lowest BCUT2D eigenvalue weighted by Crippen LogP contribution is -2.48. The number of hydrogen-bond donors (Lipinski definition) is 2. The van der Waals surface area contributed by atoms with Crippen LogP contribution in [0.5, 0.6) is 0 Å². The zero-order chi connectivity index (χ0) is 13.9. The van der Waals surface area contributed by atoms with Gasteiger partial charge in [0.2, 0.25) is 0 Å². The fourth-order valence-electron chi connectivity index (χ4n) is 3.18. The van der Waals surface area contributed by atoms with Gasteiger partial charge >= 0.3 is 0 Å². The number of nitrogens with one attached hydrogen (secondary N) is 2. The summed E-state index contributed by atoms with van der Waals surface area (Å²) in [6.07, 6.45) is 8.05. The first-order chi connectivity index (χ1) is 9.74. The molecule has 0 atom stereocenters. The van der Waals surface area contributed by atoms with Crippen LogP contribution in [0.4, 0.5) is 0 Å². The van der Waals surface area contributed by atoms with Crippen LogP contribution in [0, 0.1) is 5.92 Å². The standard InChI is InChI=1S/C15H24N4O.ClH/c1-19-10-13(15(20)17-9-11-7-16-8-11)14(18-19)12-5-3-2-4-6-12;/h10-12,16H,2-9H2,1H3,(H,17,20);1H. The monoisotopic (exact) mass is 312 g/mol. The molecule has 0 aromatic carbocycles. The van der Waals surface area contributed by atoms with Crippen LogP contribution in [0.3, 0.4) is 0 Å². The molecule has 1 amide bonds. The Hall–Kier alpha value is -1.07. The van der Waals surface area contributed by atoms with Crippen LogP contribution < -0.4 is 10.6 Å². The average Bonchev–Trinajstić information content (AvgIpc) is 2.80. The van der Waals surface area contributed by atoms with Crippen molar-refractivity contribution in [3.63, 3.8) is 0 Å².